The smallest absolute Gasteiger partial charge is 0.137 e. The van der Waals surface area contributed by atoms with Gasteiger partial charge in [0.15, 0.2) is 0 Å². The van der Waals surface area contributed by atoms with Crippen molar-refractivity contribution in [1.82, 2.24) is 0 Å². The predicted molar refractivity (Wildman–Crippen MR) is 60.5 cm³/mol. The molecule has 0 amide bonds. The fourth-order valence-corrected chi connectivity index (χ4v) is 2.40. The van der Waals surface area contributed by atoms with Crippen molar-refractivity contribution < 1.29 is 10.2 Å². The summed E-state index contributed by atoms with van der Waals surface area (Å²) in [6.07, 6.45) is 1.57. The van der Waals surface area contributed by atoms with Gasteiger partial charge >= 0.3 is 0 Å². The first kappa shape index (κ1) is 10.8. The Bertz CT molecular complexity index is 405. The van der Waals surface area contributed by atoms with Gasteiger partial charge in [-0.25, -0.2) is 0 Å². The molecule has 0 aromatic heterocycles. The Hall–Kier alpha value is -0.730. The molecule has 3 heteroatoms. The van der Waals surface area contributed by atoms with Crippen molar-refractivity contribution in [3.05, 3.63) is 27.3 Å². The molecule has 1 fully saturated rings. The summed E-state index contributed by atoms with van der Waals surface area (Å²) in [6, 6.07) is 0. The van der Waals surface area contributed by atoms with E-state index >= 15 is 0 Å². The molecular formula is C12H15ClO2. The largest absolute Gasteiger partial charge is 0.506 e. The van der Waals surface area contributed by atoms with Crippen LogP contribution in [0.4, 0.5) is 0 Å². The van der Waals surface area contributed by atoms with Gasteiger partial charge in [-0.2, -0.15) is 0 Å². The molecule has 2 N–H and O–H groups in total. The van der Waals surface area contributed by atoms with Crippen LogP contribution in [0.15, 0.2) is 0 Å². The van der Waals surface area contributed by atoms with E-state index in [4.69, 9.17) is 11.6 Å². The highest BCUT2D eigenvalue weighted by Crippen LogP contribution is 2.51. The van der Waals surface area contributed by atoms with Gasteiger partial charge in [0, 0.05) is 0 Å². The minimum Gasteiger partial charge on any atom is -0.506 e. The minimum absolute atomic E-state index is 0.139. The minimum atomic E-state index is -0.698. The molecule has 1 aromatic carbocycles. The summed E-state index contributed by atoms with van der Waals surface area (Å²) in [5.74, 6) is 0.139. The average molecular weight is 227 g/mol. The lowest BCUT2D eigenvalue weighted by molar-refractivity contribution is 0.150. The molecule has 0 spiro atoms. The van der Waals surface area contributed by atoms with Crippen LogP contribution in [-0.2, 0) is 5.60 Å². The maximum Gasteiger partial charge on any atom is 0.137 e. The van der Waals surface area contributed by atoms with Crippen LogP contribution in [0.25, 0.3) is 0 Å². The molecule has 1 saturated carbocycles. The number of aromatic hydroxyl groups is 1. The Morgan fingerprint density at radius 2 is 1.60 bits per heavy atom. The Kier molecular flexibility index (Phi) is 2.25. The van der Waals surface area contributed by atoms with Gasteiger partial charge in [-0.15, -0.1) is 0 Å². The van der Waals surface area contributed by atoms with Crippen molar-refractivity contribution in [3.8, 4) is 5.75 Å². The average Bonchev–Trinajstić information content (AvgIpc) is 2.91. The fraction of sp³-hybridized carbons (Fsp3) is 0.500. The summed E-state index contributed by atoms with van der Waals surface area (Å²) in [5.41, 5.74) is 2.73. The van der Waals surface area contributed by atoms with Crippen LogP contribution in [0.5, 0.6) is 5.75 Å². The number of hydrogen-bond donors (Lipinski definition) is 2. The van der Waals surface area contributed by atoms with Gasteiger partial charge in [0.25, 0.3) is 0 Å². The van der Waals surface area contributed by atoms with Gasteiger partial charge in [0.2, 0.25) is 0 Å². The lowest BCUT2D eigenvalue weighted by Gasteiger charge is -2.20. The summed E-state index contributed by atoms with van der Waals surface area (Å²) in [5, 5.41) is 20.3. The summed E-state index contributed by atoms with van der Waals surface area (Å²) in [7, 11) is 0. The molecule has 1 aromatic rings. The van der Waals surface area contributed by atoms with Crippen molar-refractivity contribution in [1.29, 1.82) is 0 Å². The van der Waals surface area contributed by atoms with Crippen LogP contribution >= 0.6 is 11.6 Å². The first-order valence-electron chi connectivity index (χ1n) is 5.09. The fourth-order valence-electron chi connectivity index (χ4n) is 2.16. The predicted octanol–water partition coefficient (Wildman–Crippen LogP) is 2.95. The van der Waals surface area contributed by atoms with Gasteiger partial charge in [-0.1, -0.05) is 11.6 Å². The highest BCUT2D eigenvalue weighted by atomic mass is 35.5. The Morgan fingerprint density at radius 1 is 1.07 bits per heavy atom. The molecule has 15 heavy (non-hydrogen) atoms. The molecule has 82 valence electrons. The number of rotatable bonds is 1. The molecule has 0 saturated heterocycles. The molecule has 1 aliphatic carbocycles. The first-order chi connectivity index (χ1) is 6.88. The third-order valence-electron chi connectivity index (χ3n) is 3.39. The second-order valence-electron chi connectivity index (χ2n) is 4.44. The Balaban J connectivity index is 2.74. The standard InChI is InChI=1S/C12H15ClO2/c1-6-7(2)11(14)10(13)8(3)9(6)12(15)4-5-12/h14-15H,4-5H2,1-3H3. The first-order valence-corrected chi connectivity index (χ1v) is 5.47. The van der Waals surface area contributed by atoms with Gasteiger partial charge in [-0.3, -0.25) is 0 Å². The molecule has 0 heterocycles. The second-order valence-corrected chi connectivity index (χ2v) is 4.82. The Labute approximate surface area is 94.5 Å². The zero-order valence-electron chi connectivity index (χ0n) is 9.19. The van der Waals surface area contributed by atoms with Crippen LogP contribution in [0.1, 0.15) is 35.1 Å². The van der Waals surface area contributed by atoms with Gasteiger partial charge in [-0.05, 0) is 55.9 Å². The summed E-state index contributed by atoms with van der Waals surface area (Å²) >= 11 is 6.03. The van der Waals surface area contributed by atoms with E-state index in [1.54, 1.807) is 0 Å². The number of hydrogen-bond acceptors (Lipinski definition) is 2. The van der Waals surface area contributed by atoms with E-state index in [-0.39, 0.29) is 5.75 Å². The van der Waals surface area contributed by atoms with Crippen molar-refractivity contribution in [2.24, 2.45) is 0 Å². The number of benzene rings is 1. The molecule has 0 bridgehead atoms. The number of phenols is 1. The molecule has 2 rings (SSSR count). The molecule has 0 atom stereocenters. The van der Waals surface area contributed by atoms with Gasteiger partial charge in [0.1, 0.15) is 5.75 Å². The van der Waals surface area contributed by atoms with E-state index in [0.29, 0.717) is 5.02 Å². The van der Waals surface area contributed by atoms with Crippen LogP contribution in [0.3, 0.4) is 0 Å². The van der Waals surface area contributed by atoms with E-state index in [1.165, 1.54) is 0 Å². The van der Waals surface area contributed by atoms with Crippen molar-refractivity contribution in [2.45, 2.75) is 39.2 Å². The van der Waals surface area contributed by atoms with Gasteiger partial charge < -0.3 is 10.2 Å². The van der Waals surface area contributed by atoms with Crippen molar-refractivity contribution in [2.75, 3.05) is 0 Å². The zero-order valence-corrected chi connectivity index (χ0v) is 9.94. The van der Waals surface area contributed by atoms with Gasteiger partial charge in [0.05, 0.1) is 10.6 Å². The summed E-state index contributed by atoms with van der Waals surface area (Å²) < 4.78 is 0. The molecule has 0 unspecified atom stereocenters. The van der Waals surface area contributed by atoms with E-state index in [9.17, 15) is 10.2 Å². The van der Waals surface area contributed by atoms with E-state index in [0.717, 1.165) is 35.1 Å². The summed E-state index contributed by atoms with van der Waals surface area (Å²) in [6.45, 7) is 5.59. The zero-order chi connectivity index (χ0) is 11.4. The molecule has 2 nitrogen and oxygen atoms in total. The lowest BCUT2D eigenvalue weighted by Crippen LogP contribution is -2.11. The normalized spacial score (nSPS) is 17.9. The molecule has 0 radical (unpaired) electrons. The number of halogens is 1. The van der Waals surface area contributed by atoms with Crippen LogP contribution < -0.4 is 0 Å². The third kappa shape index (κ3) is 1.44. The highest BCUT2D eigenvalue weighted by molar-refractivity contribution is 6.33. The quantitative estimate of drug-likeness (QED) is 0.773. The SMILES string of the molecule is Cc1c(C)c(C2(O)CC2)c(C)c(Cl)c1O. The molecule has 0 aliphatic heterocycles. The topological polar surface area (TPSA) is 40.5 Å². The maximum absolute atomic E-state index is 10.2. The Morgan fingerprint density at radius 3 is 2.07 bits per heavy atom. The van der Waals surface area contributed by atoms with Crippen molar-refractivity contribution >= 4 is 11.6 Å². The number of aliphatic hydroxyl groups is 1. The van der Waals surface area contributed by atoms with E-state index < -0.39 is 5.60 Å². The molecular weight excluding hydrogens is 212 g/mol. The monoisotopic (exact) mass is 226 g/mol. The van der Waals surface area contributed by atoms with Crippen LogP contribution in [0, 0.1) is 20.8 Å². The highest BCUT2D eigenvalue weighted by Gasteiger charge is 2.45. The number of phenolic OH excluding ortho intramolecular Hbond substituents is 1. The van der Waals surface area contributed by atoms with Crippen molar-refractivity contribution in [3.63, 3.8) is 0 Å². The maximum atomic E-state index is 10.2. The lowest BCUT2D eigenvalue weighted by atomic mass is 9.92. The summed E-state index contributed by atoms with van der Waals surface area (Å²) in [4.78, 5) is 0. The van der Waals surface area contributed by atoms with E-state index in [1.807, 2.05) is 20.8 Å². The third-order valence-corrected chi connectivity index (χ3v) is 3.86. The van der Waals surface area contributed by atoms with E-state index in [2.05, 4.69) is 0 Å². The molecule has 1 aliphatic rings. The second kappa shape index (κ2) is 3.13. The van der Waals surface area contributed by atoms with Crippen LogP contribution in [-0.4, -0.2) is 10.2 Å². The van der Waals surface area contributed by atoms with Crippen LogP contribution in [0.2, 0.25) is 5.02 Å².